The molecule has 0 radical (unpaired) electrons. The van der Waals surface area contributed by atoms with Gasteiger partial charge in [0.25, 0.3) is 0 Å². The molecule has 1 saturated heterocycles. The minimum atomic E-state index is -0.415. The van der Waals surface area contributed by atoms with E-state index in [0.717, 1.165) is 24.9 Å². The summed E-state index contributed by atoms with van der Waals surface area (Å²) in [6, 6.07) is 14.5. The standard InChI is InChI=1S/C24H28N2O4/c1-3-5-14-30-24(29)18-8-10-20(11-9-18)25-23(28)19-15-22(27)26(16-19)21-12-6-17(4-2)7-13-21/h6-13,19H,3-5,14-16H2,1-2H3,(H,25,28)/t19-/m1/s1. The number of nitrogens with zero attached hydrogens (tertiary/aromatic N) is 1. The first-order chi connectivity index (χ1) is 14.5. The van der Waals surface area contributed by atoms with Crippen LogP contribution < -0.4 is 10.2 Å². The van der Waals surface area contributed by atoms with Crippen LogP contribution in [-0.4, -0.2) is 30.9 Å². The van der Waals surface area contributed by atoms with Crippen molar-refractivity contribution in [2.75, 3.05) is 23.4 Å². The van der Waals surface area contributed by atoms with Crippen molar-refractivity contribution >= 4 is 29.2 Å². The molecule has 6 nitrogen and oxygen atoms in total. The molecule has 1 N–H and O–H groups in total. The fourth-order valence-electron chi connectivity index (χ4n) is 3.37. The lowest BCUT2D eigenvalue weighted by atomic mass is 10.1. The van der Waals surface area contributed by atoms with Gasteiger partial charge in [0.15, 0.2) is 0 Å². The van der Waals surface area contributed by atoms with E-state index in [0.29, 0.717) is 24.4 Å². The van der Waals surface area contributed by atoms with Crippen LogP contribution in [0.3, 0.4) is 0 Å². The molecular weight excluding hydrogens is 380 g/mol. The third-order valence-electron chi connectivity index (χ3n) is 5.27. The Kier molecular flexibility index (Phi) is 7.22. The number of amides is 2. The summed E-state index contributed by atoms with van der Waals surface area (Å²) in [6.07, 6.45) is 2.92. The van der Waals surface area contributed by atoms with Crippen molar-refractivity contribution in [2.45, 2.75) is 39.5 Å². The second-order valence-corrected chi connectivity index (χ2v) is 7.48. The number of carbonyl (C=O) groups is 3. The SMILES string of the molecule is CCCCOC(=O)c1ccc(NC(=O)[C@@H]2CC(=O)N(c3ccc(CC)cc3)C2)cc1. The number of hydrogen-bond donors (Lipinski definition) is 1. The fraction of sp³-hybridized carbons (Fsp3) is 0.375. The average molecular weight is 408 g/mol. The lowest BCUT2D eigenvalue weighted by Crippen LogP contribution is -2.28. The molecule has 0 unspecified atom stereocenters. The first kappa shape index (κ1) is 21.6. The van der Waals surface area contributed by atoms with Gasteiger partial charge < -0.3 is 15.0 Å². The number of anilines is 2. The second-order valence-electron chi connectivity index (χ2n) is 7.48. The molecule has 0 spiro atoms. The maximum Gasteiger partial charge on any atom is 0.338 e. The predicted molar refractivity (Wildman–Crippen MR) is 117 cm³/mol. The summed E-state index contributed by atoms with van der Waals surface area (Å²) >= 11 is 0. The van der Waals surface area contributed by atoms with E-state index in [1.807, 2.05) is 31.2 Å². The van der Waals surface area contributed by atoms with Gasteiger partial charge in [-0.25, -0.2) is 4.79 Å². The molecular formula is C24H28N2O4. The lowest BCUT2D eigenvalue weighted by Gasteiger charge is -2.17. The maximum atomic E-state index is 12.6. The van der Waals surface area contributed by atoms with Crippen LogP contribution in [0.4, 0.5) is 11.4 Å². The van der Waals surface area contributed by atoms with Gasteiger partial charge in [-0.15, -0.1) is 0 Å². The Balaban J connectivity index is 1.56. The molecule has 1 heterocycles. The number of esters is 1. The van der Waals surface area contributed by atoms with Gasteiger partial charge in [0.05, 0.1) is 18.1 Å². The van der Waals surface area contributed by atoms with Crippen LogP contribution in [0, 0.1) is 5.92 Å². The Morgan fingerprint density at radius 3 is 2.40 bits per heavy atom. The minimum absolute atomic E-state index is 0.0513. The van der Waals surface area contributed by atoms with E-state index in [4.69, 9.17) is 4.74 Å². The van der Waals surface area contributed by atoms with Crippen LogP contribution in [0.15, 0.2) is 48.5 Å². The molecule has 6 heteroatoms. The molecule has 158 valence electrons. The smallest absolute Gasteiger partial charge is 0.338 e. The predicted octanol–water partition coefficient (Wildman–Crippen LogP) is 4.20. The number of rotatable bonds is 8. The maximum absolute atomic E-state index is 12.6. The van der Waals surface area contributed by atoms with E-state index in [9.17, 15) is 14.4 Å². The highest BCUT2D eigenvalue weighted by Gasteiger charge is 2.35. The molecule has 1 aliphatic rings. The van der Waals surface area contributed by atoms with E-state index in [-0.39, 0.29) is 24.2 Å². The van der Waals surface area contributed by atoms with Gasteiger partial charge in [0.1, 0.15) is 0 Å². The summed E-state index contributed by atoms with van der Waals surface area (Å²) in [5, 5.41) is 2.84. The molecule has 1 atom stereocenters. The zero-order valence-corrected chi connectivity index (χ0v) is 17.5. The third kappa shape index (κ3) is 5.26. The number of unbranched alkanes of at least 4 members (excludes halogenated alkanes) is 1. The highest BCUT2D eigenvalue weighted by Crippen LogP contribution is 2.26. The van der Waals surface area contributed by atoms with Crippen LogP contribution >= 0.6 is 0 Å². The topological polar surface area (TPSA) is 75.7 Å². The third-order valence-corrected chi connectivity index (χ3v) is 5.27. The van der Waals surface area contributed by atoms with Crippen LogP contribution in [0.25, 0.3) is 0 Å². The molecule has 2 aromatic carbocycles. The summed E-state index contributed by atoms with van der Waals surface area (Å²) in [4.78, 5) is 38.7. The summed E-state index contributed by atoms with van der Waals surface area (Å²) in [7, 11) is 0. The fourth-order valence-corrected chi connectivity index (χ4v) is 3.37. The zero-order chi connectivity index (χ0) is 21.5. The molecule has 0 saturated carbocycles. The van der Waals surface area contributed by atoms with Gasteiger partial charge in [-0.05, 0) is 54.8 Å². The molecule has 1 fully saturated rings. The molecule has 30 heavy (non-hydrogen) atoms. The number of aryl methyl sites for hydroxylation is 1. The Labute approximate surface area is 177 Å². The van der Waals surface area contributed by atoms with Crippen molar-refractivity contribution in [3.63, 3.8) is 0 Å². The van der Waals surface area contributed by atoms with Crippen LogP contribution in [0.2, 0.25) is 0 Å². The number of carbonyl (C=O) groups excluding carboxylic acids is 3. The second kappa shape index (κ2) is 10.1. The van der Waals surface area contributed by atoms with Crippen LogP contribution in [0.5, 0.6) is 0 Å². The Bertz CT molecular complexity index is 890. The largest absolute Gasteiger partial charge is 0.462 e. The van der Waals surface area contributed by atoms with Crippen molar-refractivity contribution in [3.8, 4) is 0 Å². The summed E-state index contributed by atoms with van der Waals surface area (Å²) < 4.78 is 5.18. The number of nitrogens with one attached hydrogen (secondary N) is 1. The van der Waals surface area contributed by atoms with Gasteiger partial charge in [-0.2, -0.15) is 0 Å². The van der Waals surface area contributed by atoms with Crippen LogP contribution in [-0.2, 0) is 20.7 Å². The monoisotopic (exact) mass is 408 g/mol. The van der Waals surface area contributed by atoms with E-state index >= 15 is 0 Å². The van der Waals surface area contributed by atoms with E-state index in [2.05, 4.69) is 12.2 Å². The normalized spacial score (nSPS) is 15.9. The zero-order valence-electron chi connectivity index (χ0n) is 17.5. The highest BCUT2D eigenvalue weighted by molar-refractivity contribution is 6.03. The van der Waals surface area contributed by atoms with E-state index in [1.54, 1.807) is 29.2 Å². The molecule has 1 aliphatic heterocycles. The molecule has 0 bridgehead atoms. The quantitative estimate of drug-likeness (QED) is 0.525. The van der Waals surface area contributed by atoms with Crippen molar-refractivity contribution < 1.29 is 19.1 Å². The number of hydrogen-bond acceptors (Lipinski definition) is 4. The Morgan fingerprint density at radius 1 is 1.07 bits per heavy atom. The molecule has 2 aromatic rings. The van der Waals surface area contributed by atoms with Crippen molar-refractivity contribution in [1.82, 2.24) is 0 Å². The average Bonchev–Trinajstić information content (AvgIpc) is 3.16. The highest BCUT2D eigenvalue weighted by atomic mass is 16.5. The van der Waals surface area contributed by atoms with Crippen molar-refractivity contribution in [3.05, 3.63) is 59.7 Å². The Morgan fingerprint density at radius 2 is 1.77 bits per heavy atom. The van der Waals surface area contributed by atoms with Crippen molar-refractivity contribution in [2.24, 2.45) is 5.92 Å². The first-order valence-electron chi connectivity index (χ1n) is 10.5. The lowest BCUT2D eigenvalue weighted by molar-refractivity contribution is -0.122. The van der Waals surface area contributed by atoms with E-state index < -0.39 is 5.92 Å². The van der Waals surface area contributed by atoms with Gasteiger partial charge in [-0.3, -0.25) is 9.59 Å². The number of benzene rings is 2. The van der Waals surface area contributed by atoms with Gasteiger partial charge >= 0.3 is 5.97 Å². The van der Waals surface area contributed by atoms with Crippen molar-refractivity contribution in [1.29, 1.82) is 0 Å². The van der Waals surface area contributed by atoms with E-state index in [1.165, 1.54) is 5.56 Å². The Hall–Kier alpha value is -3.15. The van der Waals surface area contributed by atoms with Gasteiger partial charge in [0, 0.05) is 24.3 Å². The van der Waals surface area contributed by atoms with Gasteiger partial charge in [0.2, 0.25) is 11.8 Å². The minimum Gasteiger partial charge on any atom is -0.462 e. The van der Waals surface area contributed by atoms with Crippen LogP contribution in [0.1, 0.15) is 49.0 Å². The summed E-state index contributed by atoms with van der Waals surface area (Å²) in [5.74, 6) is -1.03. The molecule has 3 rings (SSSR count). The summed E-state index contributed by atoms with van der Waals surface area (Å²) in [6.45, 7) is 4.88. The molecule has 2 amide bonds. The molecule has 0 aliphatic carbocycles. The first-order valence-corrected chi connectivity index (χ1v) is 10.5. The summed E-state index contributed by atoms with van der Waals surface area (Å²) in [5.41, 5.74) is 3.06. The number of ether oxygens (including phenoxy) is 1. The molecule has 0 aromatic heterocycles. The van der Waals surface area contributed by atoms with Gasteiger partial charge in [-0.1, -0.05) is 32.4 Å².